The first kappa shape index (κ1) is 10.2. The summed E-state index contributed by atoms with van der Waals surface area (Å²) in [5.41, 5.74) is 1.08. The zero-order valence-corrected chi connectivity index (χ0v) is 8.12. The third-order valence-corrected chi connectivity index (χ3v) is 2.64. The van der Waals surface area contributed by atoms with Crippen LogP contribution in [0, 0.1) is 5.92 Å². The lowest BCUT2D eigenvalue weighted by Gasteiger charge is -2.29. The van der Waals surface area contributed by atoms with E-state index in [0.717, 1.165) is 31.5 Å². The molecule has 72 valence electrons. The zero-order valence-electron chi connectivity index (χ0n) is 8.12. The van der Waals surface area contributed by atoms with Gasteiger partial charge in [0.05, 0.1) is 6.54 Å². The fourth-order valence-electron chi connectivity index (χ4n) is 1.68. The lowest BCUT2D eigenvalue weighted by molar-refractivity contribution is 0.237. The minimum absolute atomic E-state index is 0.456. The minimum Gasteiger partial charge on any atom is -0.306 e. The van der Waals surface area contributed by atoms with E-state index in [1.165, 1.54) is 0 Å². The molecular weight excluding hydrogens is 164 g/mol. The van der Waals surface area contributed by atoms with Crippen LogP contribution in [0.15, 0.2) is 17.1 Å². The topological polar surface area (TPSA) is 32.7 Å². The molecule has 0 spiro atoms. The Bertz CT molecular complexity index is 223. The predicted molar refractivity (Wildman–Crippen MR) is 52.3 cm³/mol. The molecule has 1 rings (SSSR count). The number of carbonyl (C=O) groups excluding carboxylic acids is 1. The Labute approximate surface area is 79.1 Å². The molecule has 3 nitrogen and oxygen atoms in total. The van der Waals surface area contributed by atoms with Crippen molar-refractivity contribution in [2.24, 2.45) is 10.9 Å². The van der Waals surface area contributed by atoms with E-state index in [1.807, 2.05) is 0 Å². The number of likely N-dealkylation sites (tertiary alicyclic amines) is 1. The van der Waals surface area contributed by atoms with Gasteiger partial charge >= 0.3 is 0 Å². The van der Waals surface area contributed by atoms with E-state index in [9.17, 15) is 4.79 Å². The zero-order chi connectivity index (χ0) is 9.68. The summed E-state index contributed by atoms with van der Waals surface area (Å²) in [5.74, 6) is 0.549. The van der Waals surface area contributed by atoms with E-state index >= 15 is 0 Å². The maximum Gasteiger partial charge on any atom is 0.235 e. The Morgan fingerprint density at radius 2 is 2.23 bits per heavy atom. The van der Waals surface area contributed by atoms with Crippen molar-refractivity contribution in [3.05, 3.63) is 12.2 Å². The van der Waals surface area contributed by atoms with E-state index in [1.54, 1.807) is 6.08 Å². The van der Waals surface area contributed by atoms with Gasteiger partial charge in [-0.05, 0) is 38.9 Å². The highest BCUT2D eigenvalue weighted by atomic mass is 16.1. The Morgan fingerprint density at radius 1 is 1.62 bits per heavy atom. The third-order valence-electron chi connectivity index (χ3n) is 2.64. The Kier molecular flexibility index (Phi) is 3.87. The van der Waals surface area contributed by atoms with Gasteiger partial charge in [0, 0.05) is 0 Å². The van der Waals surface area contributed by atoms with Gasteiger partial charge in [-0.2, -0.15) is 0 Å². The van der Waals surface area contributed by atoms with Gasteiger partial charge < -0.3 is 4.90 Å². The van der Waals surface area contributed by atoms with Crippen LogP contribution in [-0.4, -0.2) is 37.7 Å². The minimum atomic E-state index is 0.456. The number of hydrogen-bond acceptors (Lipinski definition) is 3. The summed E-state index contributed by atoms with van der Waals surface area (Å²) in [6, 6.07) is 0. The van der Waals surface area contributed by atoms with Crippen LogP contribution in [0.5, 0.6) is 0 Å². The summed E-state index contributed by atoms with van der Waals surface area (Å²) in [5, 5.41) is 0. The van der Waals surface area contributed by atoms with Crippen molar-refractivity contribution in [1.82, 2.24) is 4.90 Å². The Morgan fingerprint density at radius 3 is 2.77 bits per heavy atom. The van der Waals surface area contributed by atoms with Crippen LogP contribution in [0.25, 0.3) is 0 Å². The van der Waals surface area contributed by atoms with Crippen molar-refractivity contribution >= 4 is 6.08 Å². The second kappa shape index (κ2) is 4.95. The van der Waals surface area contributed by atoms with Crippen LogP contribution in [0.4, 0.5) is 0 Å². The normalized spacial score (nSPS) is 19.5. The van der Waals surface area contributed by atoms with E-state index in [-0.39, 0.29) is 0 Å². The van der Waals surface area contributed by atoms with Gasteiger partial charge in [-0.25, -0.2) is 9.79 Å². The SMILES string of the molecule is C=C(CN=C=O)C1CCN(C)CC1. The van der Waals surface area contributed by atoms with Crippen molar-refractivity contribution in [3.8, 4) is 0 Å². The molecule has 3 heteroatoms. The molecule has 1 heterocycles. The van der Waals surface area contributed by atoms with Crippen molar-refractivity contribution in [3.63, 3.8) is 0 Å². The Balaban J connectivity index is 2.35. The highest BCUT2D eigenvalue weighted by Gasteiger charge is 2.18. The monoisotopic (exact) mass is 180 g/mol. The van der Waals surface area contributed by atoms with Crippen LogP contribution >= 0.6 is 0 Å². The van der Waals surface area contributed by atoms with Gasteiger partial charge in [0.2, 0.25) is 6.08 Å². The summed E-state index contributed by atoms with van der Waals surface area (Å²) >= 11 is 0. The largest absolute Gasteiger partial charge is 0.306 e. The molecule has 13 heavy (non-hydrogen) atoms. The summed E-state index contributed by atoms with van der Waals surface area (Å²) in [4.78, 5) is 15.8. The highest BCUT2D eigenvalue weighted by Crippen LogP contribution is 2.22. The molecule has 1 aliphatic rings. The number of hydrogen-bond donors (Lipinski definition) is 0. The maximum absolute atomic E-state index is 9.90. The molecule has 0 N–H and O–H groups in total. The first-order valence-electron chi connectivity index (χ1n) is 4.64. The quantitative estimate of drug-likeness (QED) is 0.371. The fraction of sp³-hybridized carbons (Fsp3) is 0.700. The van der Waals surface area contributed by atoms with Crippen molar-refractivity contribution in [2.75, 3.05) is 26.7 Å². The molecule has 0 unspecified atom stereocenters. The average molecular weight is 180 g/mol. The molecular formula is C10H16N2O. The summed E-state index contributed by atoms with van der Waals surface area (Å²) < 4.78 is 0. The molecule has 0 aromatic rings. The lowest BCUT2D eigenvalue weighted by Crippen LogP contribution is -2.31. The van der Waals surface area contributed by atoms with Crippen molar-refractivity contribution in [2.45, 2.75) is 12.8 Å². The standard InChI is InChI=1S/C10H16N2O/c1-9(7-11-8-13)10-3-5-12(2)6-4-10/h10H,1,3-7H2,2H3. The first-order valence-corrected chi connectivity index (χ1v) is 4.64. The fourth-order valence-corrected chi connectivity index (χ4v) is 1.68. The van der Waals surface area contributed by atoms with Gasteiger partial charge in [-0.1, -0.05) is 12.2 Å². The average Bonchev–Trinajstić information content (AvgIpc) is 2.15. The summed E-state index contributed by atoms with van der Waals surface area (Å²) in [7, 11) is 2.13. The van der Waals surface area contributed by atoms with E-state index < -0.39 is 0 Å². The molecule has 0 aliphatic carbocycles. The molecule has 0 atom stereocenters. The maximum atomic E-state index is 9.90. The van der Waals surface area contributed by atoms with Crippen LogP contribution in [-0.2, 0) is 4.79 Å². The van der Waals surface area contributed by atoms with Gasteiger partial charge in [0.1, 0.15) is 0 Å². The first-order chi connectivity index (χ1) is 6.24. The molecule has 0 amide bonds. The molecule has 0 aromatic carbocycles. The van der Waals surface area contributed by atoms with Gasteiger partial charge in [-0.15, -0.1) is 0 Å². The number of nitrogens with zero attached hydrogens (tertiary/aromatic N) is 2. The third kappa shape index (κ3) is 3.13. The molecule has 1 aliphatic heterocycles. The molecule has 0 aromatic heterocycles. The van der Waals surface area contributed by atoms with E-state index in [0.29, 0.717) is 12.5 Å². The smallest absolute Gasteiger partial charge is 0.235 e. The Hall–Kier alpha value is -0.920. The van der Waals surface area contributed by atoms with E-state index in [2.05, 4.69) is 23.5 Å². The summed E-state index contributed by atoms with van der Waals surface area (Å²) in [6.07, 6.45) is 3.84. The van der Waals surface area contributed by atoms with Crippen LogP contribution < -0.4 is 0 Å². The van der Waals surface area contributed by atoms with E-state index in [4.69, 9.17) is 0 Å². The van der Waals surface area contributed by atoms with Crippen LogP contribution in [0.1, 0.15) is 12.8 Å². The lowest BCUT2D eigenvalue weighted by atomic mass is 9.90. The van der Waals surface area contributed by atoms with Crippen LogP contribution in [0.2, 0.25) is 0 Å². The number of aliphatic imine (C=N–C) groups is 1. The van der Waals surface area contributed by atoms with Gasteiger partial charge in [-0.3, -0.25) is 0 Å². The molecule has 1 saturated heterocycles. The van der Waals surface area contributed by atoms with Crippen LogP contribution in [0.3, 0.4) is 0 Å². The summed E-state index contributed by atoms with van der Waals surface area (Å²) in [6.45, 7) is 6.65. The molecule has 1 fully saturated rings. The molecule has 0 bridgehead atoms. The predicted octanol–water partition coefficient (Wildman–Crippen LogP) is 1.22. The van der Waals surface area contributed by atoms with Gasteiger partial charge in [0.25, 0.3) is 0 Å². The highest BCUT2D eigenvalue weighted by molar-refractivity contribution is 5.33. The van der Waals surface area contributed by atoms with Gasteiger partial charge in [0.15, 0.2) is 0 Å². The number of piperidine rings is 1. The second-order valence-electron chi connectivity index (χ2n) is 3.64. The number of rotatable bonds is 3. The van der Waals surface area contributed by atoms with Crippen molar-refractivity contribution in [1.29, 1.82) is 0 Å². The second-order valence-corrected chi connectivity index (χ2v) is 3.64. The molecule has 0 radical (unpaired) electrons. The van der Waals surface area contributed by atoms with Crippen molar-refractivity contribution < 1.29 is 4.79 Å². The number of isocyanates is 1. The molecule has 0 saturated carbocycles.